The van der Waals surface area contributed by atoms with Crippen molar-refractivity contribution in [2.75, 3.05) is 6.61 Å². The molecule has 4 aromatic rings. The first kappa shape index (κ1) is 25.0. The van der Waals surface area contributed by atoms with Gasteiger partial charge in [-0.05, 0) is 48.6 Å². The molecule has 1 N–H and O–H groups in total. The average molecular weight is 487 g/mol. The van der Waals surface area contributed by atoms with Crippen LogP contribution < -0.4 is 5.56 Å². The van der Waals surface area contributed by atoms with E-state index in [2.05, 4.69) is 27.5 Å². The Morgan fingerprint density at radius 1 is 1.03 bits per heavy atom. The van der Waals surface area contributed by atoms with Crippen LogP contribution in [0, 0.1) is 6.92 Å². The topological polar surface area (TPSA) is 116 Å². The number of aromatic amines is 1. The van der Waals surface area contributed by atoms with Crippen LogP contribution in [0.1, 0.15) is 49.3 Å². The van der Waals surface area contributed by atoms with Gasteiger partial charge in [-0.1, -0.05) is 55.5 Å². The number of nitrogens with one attached hydrogen (secondary N) is 1. The molecule has 0 amide bonds. The van der Waals surface area contributed by atoms with Gasteiger partial charge in [-0.2, -0.15) is 5.21 Å². The highest BCUT2D eigenvalue weighted by Gasteiger charge is 2.16. The van der Waals surface area contributed by atoms with Crippen LogP contribution in [0.15, 0.2) is 53.3 Å². The number of tetrazole rings is 1. The van der Waals surface area contributed by atoms with E-state index in [1.54, 1.807) is 11.5 Å². The van der Waals surface area contributed by atoms with Crippen LogP contribution in [0.2, 0.25) is 0 Å². The molecule has 9 nitrogen and oxygen atoms in total. The number of aryl methyl sites for hydroxylation is 2. The quantitative estimate of drug-likeness (QED) is 0.338. The lowest BCUT2D eigenvalue weighted by Gasteiger charge is -2.16. The van der Waals surface area contributed by atoms with E-state index in [-0.39, 0.29) is 17.9 Å². The summed E-state index contributed by atoms with van der Waals surface area (Å²) in [5.74, 6) is 0.982. The minimum Gasteiger partial charge on any atom is -0.466 e. The van der Waals surface area contributed by atoms with Crippen LogP contribution in [0.3, 0.4) is 0 Å². The number of benzene rings is 2. The lowest BCUT2D eigenvalue weighted by Crippen LogP contribution is -2.30. The van der Waals surface area contributed by atoms with Gasteiger partial charge in [0.2, 0.25) is 5.82 Å². The number of esters is 1. The van der Waals surface area contributed by atoms with E-state index >= 15 is 0 Å². The normalized spacial score (nSPS) is 11.0. The van der Waals surface area contributed by atoms with Gasteiger partial charge in [0.1, 0.15) is 5.82 Å². The maximum atomic E-state index is 13.5. The third-order valence-electron chi connectivity index (χ3n) is 6.03. The van der Waals surface area contributed by atoms with Gasteiger partial charge in [0.25, 0.3) is 5.56 Å². The molecule has 4 rings (SSSR count). The molecule has 0 aliphatic carbocycles. The SMILES string of the molecule is CCCc1nc(C)c(CCC(=O)OCC)c(=O)n1Cc1ccc(-c2ccccc2-c2nn[nH]n2)cc1. The van der Waals surface area contributed by atoms with Crippen molar-refractivity contribution in [2.24, 2.45) is 0 Å². The van der Waals surface area contributed by atoms with Crippen LogP contribution in [0.4, 0.5) is 0 Å². The van der Waals surface area contributed by atoms with Crippen LogP contribution in [0.25, 0.3) is 22.5 Å². The summed E-state index contributed by atoms with van der Waals surface area (Å²) in [7, 11) is 0. The molecule has 36 heavy (non-hydrogen) atoms. The van der Waals surface area contributed by atoms with Crippen molar-refractivity contribution < 1.29 is 9.53 Å². The Morgan fingerprint density at radius 2 is 1.78 bits per heavy atom. The molecule has 186 valence electrons. The summed E-state index contributed by atoms with van der Waals surface area (Å²) in [5.41, 5.74) is 5.02. The van der Waals surface area contributed by atoms with Crippen LogP contribution in [-0.4, -0.2) is 42.8 Å². The third-order valence-corrected chi connectivity index (χ3v) is 6.03. The molecule has 0 bridgehead atoms. The third kappa shape index (κ3) is 5.56. The predicted molar refractivity (Wildman–Crippen MR) is 136 cm³/mol. The fraction of sp³-hybridized carbons (Fsp3) is 0.333. The van der Waals surface area contributed by atoms with E-state index in [4.69, 9.17) is 9.72 Å². The maximum absolute atomic E-state index is 13.5. The zero-order valence-electron chi connectivity index (χ0n) is 20.8. The highest BCUT2D eigenvalue weighted by atomic mass is 16.5. The van der Waals surface area contributed by atoms with E-state index in [1.165, 1.54) is 0 Å². The van der Waals surface area contributed by atoms with Gasteiger partial charge in [-0.3, -0.25) is 14.2 Å². The minimum atomic E-state index is -0.308. The van der Waals surface area contributed by atoms with Crippen molar-refractivity contribution in [3.8, 4) is 22.5 Å². The number of carbonyl (C=O) groups is 1. The first-order valence-electron chi connectivity index (χ1n) is 12.2. The number of hydrogen-bond donors (Lipinski definition) is 1. The molecule has 0 saturated carbocycles. The summed E-state index contributed by atoms with van der Waals surface area (Å²) in [6.45, 7) is 6.40. The summed E-state index contributed by atoms with van der Waals surface area (Å²) in [4.78, 5) is 30.1. The fourth-order valence-corrected chi connectivity index (χ4v) is 4.26. The molecular formula is C27H30N6O3. The second-order valence-electron chi connectivity index (χ2n) is 8.52. The Labute approximate surface area is 209 Å². The molecule has 9 heteroatoms. The number of nitrogens with zero attached hydrogens (tertiary/aromatic N) is 5. The number of hydrogen-bond acceptors (Lipinski definition) is 7. The van der Waals surface area contributed by atoms with Crippen LogP contribution in [0.5, 0.6) is 0 Å². The van der Waals surface area contributed by atoms with Gasteiger partial charge in [0, 0.05) is 29.7 Å². The molecule has 0 aliphatic heterocycles. The van der Waals surface area contributed by atoms with Gasteiger partial charge >= 0.3 is 5.97 Å². The Morgan fingerprint density at radius 3 is 2.44 bits per heavy atom. The summed E-state index contributed by atoms with van der Waals surface area (Å²) in [6, 6.07) is 16.0. The van der Waals surface area contributed by atoms with Crippen molar-refractivity contribution >= 4 is 5.97 Å². The second-order valence-corrected chi connectivity index (χ2v) is 8.52. The first-order chi connectivity index (χ1) is 17.5. The smallest absolute Gasteiger partial charge is 0.306 e. The molecule has 0 unspecified atom stereocenters. The molecule has 0 radical (unpaired) electrons. The highest BCUT2D eigenvalue weighted by Crippen LogP contribution is 2.29. The van der Waals surface area contributed by atoms with Gasteiger partial charge in [-0.15, -0.1) is 10.2 Å². The van der Waals surface area contributed by atoms with E-state index < -0.39 is 0 Å². The maximum Gasteiger partial charge on any atom is 0.306 e. The van der Waals surface area contributed by atoms with Gasteiger partial charge in [0.05, 0.1) is 13.2 Å². The molecule has 2 aromatic carbocycles. The molecular weight excluding hydrogens is 456 g/mol. The Kier molecular flexibility index (Phi) is 7.99. The van der Waals surface area contributed by atoms with Crippen molar-refractivity contribution in [2.45, 2.75) is 53.0 Å². The average Bonchev–Trinajstić information content (AvgIpc) is 3.42. The number of ether oxygens (including phenoxy) is 1. The Hall–Kier alpha value is -4.14. The van der Waals surface area contributed by atoms with Crippen molar-refractivity contribution in [3.63, 3.8) is 0 Å². The number of carbonyl (C=O) groups excluding carboxylic acids is 1. The lowest BCUT2D eigenvalue weighted by molar-refractivity contribution is -0.143. The van der Waals surface area contributed by atoms with E-state index in [1.807, 2.05) is 55.5 Å². The summed E-state index contributed by atoms with van der Waals surface area (Å²) < 4.78 is 6.77. The number of rotatable bonds is 10. The zero-order valence-corrected chi connectivity index (χ0v) is 20.8. The summed E-state index contributed by atoms with van der Waals surface area (Å²) >= 11 is 0. The molecule has 0 saturated heterocycles. The highest BCUT2D eigenvalue weighted by molar-refractivity contribution is 5.80. The summed E-state index contributed by atoms with van der Waals surface area (Å²) in [6.07, 6.45) is 2.05. The molecule has 2 heterocycles. The van der Waals surface area contributed by atoms with Gasteiger partial charge in [-0.25, -0.2) is 4.98 Å². The van der Waals surface area contributed by atoms with Crippen LogP contribution in [-0.2, 0) is 28.9 Å². The van der Waals surface area contributed by atoms with Crippen molar-refractivity contribution in [1.29, 1.82) is 0 Å². The van der Waals surface area contributed by atoms with E-state index in [0.29, 0.717) is 43.1 Å². The molecule has 0 spiro atoms. The Bertz CT molecular complexity index is 1380. The number of H-pyrrole nitrogens is 1. The lowest BCUT2D eigenvalue weighted by atomic mass is 9.98. The number of aromatic nitrogens is 6. The second kappa shape index (κ2) is 11.5. The first-order valence-corrected chi connectivity index (χ1v) is 12.2. The van der Waals surface area contributed by atoms with Gasteiger partial charge in [0.15, 0.2) is 0 Å². The minimum absolute atomic E-state index is 0.0956. The van der Waals surface area contributed by atoms with Gasteiger partial charge < -0.3 is 4.74 Å². The van der Waals surface area contributed by atoms with Crippen molar-refractivity contribution in [1.82, 2.24) is 30.2 Å². The zero-order chi connectivity index (χ0) is 25.5. The summed E-state index contributed by atoms with van der Waals surface area (Å²) in [5, 5.41) is 14.4. The molecule has 2 aromatic heterocycles. The van der Waals surface area contributed by atoms with E-state index in [9.17, 15) is 9.59 Å². The predicted octanol–water partition coefficient (Wildman–Crippen LogP) is 3.90. The largest absolute Gasteiger partial charge is 0.466 e. The fourth-order valence-electron chi connectivity index (χ4n) is 4.26. The van der Waals surface area contributed by atoms with E-state index in [0.717, 1.165) is 34.5 Å². The van der Waals surface area contributed by atoms with Crippen molar-refractivity contribution in [3.05, 3.63) is 81.5 Å². The van der Waals surface area contributed by atoms with Crippen LogP contribution >= 0.6 is 0 Å². The monoisotopic (exact) mass is 486 g/mol. The Balaban J connectivity index is 1.63. The standard InChI is InChI=1S/C27H30N6O3/c1-4-8-24-28-18(3)21(15-16-25(34)36-5-2)27(35)33(24)17-19-11-13-20(14-12-19)22-9-6-7-10-23(22)26-29-31-32-30-26/h6-7,9-14H,4-5,8,15-17H2,1-3H3,(H,29,30,31,32). The molecule has 0 atom stereocenters. The molecule has 0 aliphatic rings. The molecule has 0 fully saturated rings.